The Balaban J connectivity index is 2.14. The van der Waals surface area contributed by atoms with Crippen LogP contribution in [-0.2, 0) is 9.59 Å². The van der Waals surface area contributed by atoms with Crippen molar-refractivity contribution in [3.63, 3.8) is 0 Å². The Morgan fingerprint density at radius 2 is 2.24 bits per heavy atom. The van der Waals surface area contributed by atoms with Crippen molar-refractivity contribution in [1.82, 2.24) is 4.90 Å². The van der Waals surface area contributed by atoms with Gasteiger partial charge in [-0.1, -0.05) is 12.0 Å². The molecule has 1 N–H and O–H groups in total. The fraction of sp³-hybridized carbons (Fsp3) is 0.231. The summed E-state index contributed by atoms with van der Waals surface area (Å²) in [6.07, 6.45) is 5.48. The Labute approximate surface area is 99.6 Å². The molecule has 1 aromatic carbocycles. The first-order valence-corrected chi connectivity index (χ1v) is 5.25. The number of likely N-dealkylation sites (tertiary alicyclic amines) is 1. The van der Waals surface area contributed by atoms with Crippen molar-refractivity contribution in [3.8, 4) is 12.3 Å². The van der Waals surface area contributed by atoms with E-state index in [0.717, 1.165) is 16.2 Å². The summed E-state index contributed by atoms with van der Waals surface area (Å²) in [6.45, 7) is 0. The van der Waals surface area contributed by atoms with Crippen LogP contribution < -0.4 is 5.32 Å². The number of rotatable bonds is 2. The van der Waals surface area contributed by atoms with Crippen LogP contribution in [-0.4, -0.2) is 29.8 Å². The molecule has 0 radical (unpaired) electrons. The summed E-state index contributed by atoms with van der Waals surface area (Å²) in [5, 5.41) is 3.02. The predicted molar refractivity (Wildman–Crippen MR) is 64.2 cm³/mol. The van der Waals surface area contributed by atoms with Gasteiger partial charge in [0, 0.05) is 18.3 Å². The minimum Gasteiger partial charge on any atom is -0.373 e. The van der Waals surface area contributed by atoms with Crippen LogP contribution in [0.5, 0.6) is 0 Å². The quantitative estimate of drug-likeness (QED) is 0.602. The van der Waals surface area contributed by atoms with E-state index in [1.54, 1.807) is 12.1 Å². The smallest absolute Gasteiger partial charge is 0.251 e. The van der Waals surface area contributed by atoms with Gasteiger partial charge >= 0.3 is 0 Å². The van der Waals surface area contributed by atoms with Crippen LogP contribution in [0.25, 0.3) is 0 Å². The predicted octanol–water partition coefficient (Wildman–Crippen LogP) is 0.837. The van der Waals surface area contributed by atoms with E-state index in [2.05, 4.69) is 11.2 Å². The van der Waals surface area contributed by atoms with Crippen molar-refractivity contribution in [2.24, 2.45) is 0 Å². The zero-order chi connectivity index (χ0) is 12.4. The molecule has 1 aliphatic heterocycles. The fourth-order valence-electron chi connectivity index (χ4n) is 1.77. The molecule has 1 fully saturated rings. The van der Waals surface area contributed by atoms with E-state index in [9.17, 15) is 9.59 Å². The van der Waals surface area contributed by atoms with Gasteiger partial charge in [0.2, 0.25) is 5.91 Å². The average Bonchev–Trinajstić information content (AvgIpc) is 2.57. The molecular weight excluding hydrogens is 216 g/mol. The molecule has 0 aliphatic carbocycles. The lowest BCUT2D eigenvalue weighted by Gasteiger charge is -2.12. The van der Waals surface area contributed by atoms with E-state index in [4.69, 9.17) is 6.42 Å². The number of carbonyl (C=O) groups excluding carboxylic acids is 2. The lowest BCUT2D eigenvalue weighted by molar-refractivity contribution is -0.136. The van der Waals surface area contributed by atoms with Gasteiger partial charge < -0.3 is 5.32 Å². The largest absolute Gasteiger partial charge is 0.373 e. The normalized spacial score (nSPS) is 19.3. The average molecular weight is 228 g/mol. The van der Waals surface area contributed by atoms with Crippen molar-refractivity contribution in [2.75, 3.05) is 12.4 Å². The summed E-state index contributed by atoms with van der Waals surface area (Å²) in [4.78, 5) is 24.2. The molecule has 1 aromatic rings. The van der Waals surface area contributed by atoms with Gasteiger partial charge in [-0.05, 0) is 18.2 Å². The highest BCUT2D eigenvalue weighted by atomic mass is 16.2. The standard InChI is InChI=1S/C13H12N2O2/c1-3-9-5-4-6-10(7-9)14-11-8-12(16)15(2)13(11)17/h1,4-7,11,14H,8H2,2H3. The van der Waals surface area contributed by atoms with Crippen molar-refractivity contribution in [2.45, 2.75) is 12.5 Å². The molecule has 4 heteroatoms. The van der Waals surface area contributed by atoms with Gasteiger partial charge in [-0.3, -0.25) is 14.5 Å². The molecule has 2 rings (SSSR count). The maximum atomic E-state index is 11.7. The van der Waals surface area contributed by atoms with E-state index in [0.29, 0.717) is 0 Å². The summed E-state index contributed by atoms with van der Waals surface area (Å²) in [6, 6.07) is 6.72. The van der Waals surface area contributed by atoms with Gasteiger partial charge in [-0.15, -0.1) is 6.42 Å². The topological polar surface area (TPSA) is 49.4 Å². The monoisotopic (exact) mass is 228 g/mol. The highest BCUT2D eigenvalue weighted by Gasteiger charge is 2.35. The summed E-state index contributed by atoms with van der Waals surface area (Å²) >= 11 is 0. The van der Waals surface area contributed by atoms with Crippen LogP contribution in [0.2, 0.25) is 0 Å². The van der Waals surface area contributed by atoms with E-state index < -0.39 is 6.04 Å². The summed E-state index contributed by atoms with van der Waals surface area (Å²) in [5.41, 5.74) is 1.49. The number of carbonyl (C=O) groups is 2. The third-order valence-electron chi connectivity index (χ3n) is 2.75. The second kappa shape index (κ2) is 4.30. The van der Waals surface area contributed by atoms with Gasteiger partial charge in [-0.25, -0.2) is 0 Å². The minimum absolute atomic E-state index is 0.166. The second-order valence-corrected chi connectivity index (χ2v) is 3.92. The summed E-state index contributed by atoms with van der Waals surface area (Å²) < 4.78 is 0. The Kier molecular flexibility index (Phi) is 2.84. The van der Waals surface area contributed by atoms with Crippen LogP contribution in [0.1, 0.15) is 12.0 Å². The Morgan fingerprint density at radius 3 is 2.82 bits per heavy atom. The Morgan fingerprint density at radius 1 is 1.47 bits per heavy atom. The van der Waals surface area contributed by atoms with Crippen LogP contribution in [0.3, 0.4) is 0 Å². The molecule has 17 heavy (non-hydrogen) atoms. The number of terminal acetylenes is 1. The molecule has 1 heterocycles. The van der Waals surface area contributed by atoms with Crippen molar-refractivity contribution in [1.29, 1.82) is 0 Å². The number of benzene rings is 1. The number of imide groups is 1. The van der Waals surface area contributed by atoms with Crippen molar-refractivity contribution in [3.05, 3.63) is 29.8 Å². The maximum absolute atomic E-state index is 11.7. The molecule has 1 aliphatic rings. The van der Waals surface area contributed by atoms with Gasteiger partial charge in [-0.2, -0.15) is 0 Å². The first kappa shape index (κ1) is 11.2. The summed E-state index contributed by atoms with van der Waals surface area (Å²) in [7, 11) is 1.49. The number of amides is 2. The number of anilines is 1. The highest BCUT2D eigenvalue weighted by Crippen LogP contribution is 2.17. The molecule has 0 spiro atoms. The molecule has 0 aromatic heterocycles. The zero-order valence-corrected chi connectivity index (χ0v) is 9.43. The fourth-order valence-corrected chi connectivity index (χ4v) is 1.77. The van der Waals surface area contributed by atoms with Gasteiger partial charge in [0.25, 0.3) is 5.91 Å². The highest BCUT2D eigenvalue weighted by molar-refractivity contribution is 6.06. The van der Waals surface area contributed by atoms with Crippen LogP contribution in [0, 0.1) is 12.3 Å². The molecule has 1 saturated heterocycles. The Bertz CT molecular complexity index is 516. The maximum Gasteiger partial charge on any atom is 0.251 e. The van der Waals surface area contributed by atoms with E-state index in [1.807, 2.05) is 12.1 Å². The number of nitrogens with one attached hydrogen (secondary N) is 1. The molecule has 86 valence electrons. The third kappa shape index (κ3) is 2.13. The minimum atomic E-state index is -0.486. The van der Waals surface area contributed by atoms with Gasteiger partial charge in [0.1, 0.15) is 6.04 Å². The first-order valence-electron chi connectivity index (χ1n) is 5.25. The lowest BCUT2D eigenvalue weighted by atomic mass is 10.2. The van der Waals surface area contributed by atoms with E-state index in [1.165, 1.54) is 7.05 Å². The number of likely N-dealkylation sites (N-methyl/N-ethyl adjacent to an activating group) is 1. The molecular formula is C13H12N2O2. The van der Waals surface area contributed by atoms with Crippen molar-refractivity contribution >= 4 is 17.5 Å². The van der Waals surface area contributed by atoms with E-state index >= 15 is 0 Å². The number of hydrogen-bond donors (Lipinski definition) is 1. The molecule has 2 amide bonds. The van der Waals surface area contributed by atoms with E-state index in [-0.39, 0.29) is 18.2 Å². The first-order chi connectivity index (χ1) is 8.11. The van der Waals surface area contributed by atoms with Crippen molar-refractivity contribution < 1.29 is 9.59 Å². The zero-order valence-electron chi connectivity index (χ0n) is 9.43. The van der Waals surface area contributed by atoms with Crippen LogP contribution >= 0.6 is 0 Å². The molecule has 4 nitrogen and oxygen atoms in total. The molecule has 0 bridgehead atoms. The number of nitrogens with zero attached hydrogens (tertiary/aromatic N) is 1. The Hall–Kier alpha value is -2.28. The summed E-state index contributed by atoms with van der Waals surface area (Å²) in [5.74, 6) is 2.15. The van der Waals surface area contributed by atoms with Gasteiger partial charge in [0.15, 0.2) is 0 Å². The van der Waals surface area contributed by atoms with Crippen LogP contribution in [0.15, 0.2) is 24.3 Å². The third-order valence-corrected chi connectivity index (χ3v) is 2.75. The molecule has 1 atom stereocenters. The second-order valence-electron chi connectivity index (χ2n) is 3.92. The van der Waals surface area contributed by atoms with Gasteiger partial charge in [0.05, 0.1) is 6.42 Å². The number of hydrogen-bond acceptors (Lipinski definition) is 3. The molecule has 1 unspecified atom stereocenters. The molecule has 0 saturated carbocycles. The SMILES string of the molecule is C#Cc1cccc(NC2CC(=O)N(C)C2=O)c1. The van der Waals surface area contributed by atoms with Crippen LogP contribution in [0.4, 0.5) is 5.69 Å². The lowest BCUT2D eigenvalue weighted by Crippen LogP contribution is -2.31.